The van der Waals surface area contributed by atoms with Crippen LogP contribution in [0.2, 0.25) is 0 Å². The molecule has 0 spiro atoms. The number of rotatable bonds is 17. The molecule has 6 atom stereocenters. The van der Waals surface area contributed by atoms with Gasteiger partial charge in [-0.05, 0) is 79.0 Å². The van der Waals surface area contributed by atoms with Crippen molar-refractivity contribution in [3.8, 4) is 23.0 Å². The lowest BCUT2D eigenvalue weighted by molar-refractivity contribution is -0.256. The summed E-state index contributed by atoms with van der Waals surface area (Å²) in [5, 5.41) is 34.9. The van der Waals surface area contributed by atoms with Crippen LogP contribution < -0.4 is 14.2 Å². The Morgan fingerprint density at radius 2 is 1.85 bits per heavy atom. The summed E-state index contributed by atoms with van der Waals surface area (Å²) in [4.78, 5) is 21.4. The molecule has 13 heteroatoms. The van der Waals surface area contributed by atoms with Crippen molar-refractivity contribution in [3.05, 3.63) is 71.8 Å². The fourth-order valence-electron chi connectivity index (χ4n) is 8.51. The van der Waals surface area contributed by atoms with Crippen molar-refractivity contribution < 1.29 is 48.6 Å². The Morgan fingerprint density at radius 1 is 1.08 bits per heavy atom. The van der Waals surface area contributed by atoms with Gasteiger partial charge in [0.25, 0.3) is 0 Å². The van der Waals surface area contributed by atoms with Gasteiger partial charge in [0.1, 0.15) is 31.3 Å². The van der Waals surface area contributed by atoms with Gasteiger partial charge >= 0.3 is 6.09 Å². The third-order valence-electron chi connectivity index (χ3n) is 10.6. The van der Waals surface area contributed by atoms with Crippen LogP contribution in [-0.2, 0) is 20.9 Å². The van der Waals surface area contributed by atoms with Crippen molar-refractivity contribution in [2.75, 3.05) is 46.2 Å². The largest absolute Gasteiger partial charge is 0.508 e. The van der Waals surface area contributed by atoms with Gasteiger partial charge in [0.15, 0.2) is 11.5 Å². The number of ether oxygens (including phenoxy) is 5. The Balaban J connectivity index is 1.56. The number of aliphatic hydroxyl groups is 2. The zero-order chi connectivity index (χ0) is 36.7. The average molecular weight is 741 g/mol. The van der Waals surface area contributed by atoms with E-state index in [2.05, 4.69) is 17.8 Å². The Kier molecular flexibility index (Phi) is 12.5. The van der Waals surface area contributed by atoms with Gasteiger partial charge in [-0.15, -0.1) is 18.2 Å². The quantitative estimate of drug-likeness (QED) is 0.0735. The predicted octanol–water partition coefficient (Wildman–Crippen LogP) is 6.26. The average Bonchev–Trinajstić information content (AvgIpc) is 3.62. The highest BCUT2D eigenvalue weighted by Gasteiger charge is 2.65. The van der Waals surface area contributed by atoms with E-state index in [-0.39, 0.29) is 75.6 Å². The first-order valence-electron chi connectivity index (χ1n) is 18.1. The van der Waals surface area contributed by atoms with Gasteiger partial charge in [0.05, 0.1) is 24.1 Å². The number of carbonyl (C=O) groups is 1. The van der Waals surface area contributed by atoms with Gasteiger partial charge < -0.3 is 43.8 Å². The zero-order valence-electron chi connectivity index (χ0n) is 29.6. The molecule has 1 fully saturated rings. The number of carbonyl (C=O) groups excluding carboxylic acids is 1. The molecule has 2 heterocycles. The molecule has 2 aliphatic carbocycles. The van der Waals surface area contributed by atoms with Crippen molar-refractivity contribution in [1.29, 1.82) is 0 Å². The second kappa shape index (κ2) is 17.2. The van der Waals surface area contributed by atoms with Crippen LogP contribution in [0.3, 0.4) is 0 Å². The topological polar surface area (TPSA) is 149 Å². The van der Waals surface area contributed by atoms with Crippen LogP contribution in [0, 0.1) is 17.8 Å². The summed E-state index contributed by atoms with van der Waals surface area (Å²) in [6.07, 6.45) is 8.01. The smallest absolute Gasteiger partial charge is 0.410 e. The van der Waals surface area contributed by atoms with Crippen LogP contribution in [0.25, 0.3) is 0 Å². The normalized spacial score (nSPS) is 26.1. The molecule has 0 unspecified atom stereocenters. The number of allylic oxidation sites excluding steroid dienone is 1. The molecule has 12 nitrogen and oxygen atoms in total. The molecular weight excluding hydrogens is 692 g/mol. The van der Waals surface area contributed by atoms with Crippen LogP contribution in [0.15, 0.2) is 65.9 Å². The highest BCUT2D eigenvalue weighted by Crippen LogP contribution is 2.62. The van der Waals surface area contributed by atoms with Crippen LogP contribution >= 0.6 is 11.6 Å². The van der Waals surface area contributed by atoms with E-state index >= 15 is 0 Å². The molecule has 1 amide bonds. The fraction of sp³-hybridized carbons (Fsp3) is 0.538. The number of aromatic hydroxyl groups is 1. The number of alkyl halides is 1. The van der Waals surface area contributed by atoms with E-state index in [1.165, 1.54) is 7.11 Å². The Bertz CT molecular complexity index is 1630. The van der Waals surface area contributed by atoms with Crippen LogP contribution in [0.4, 0.5) is 4.79 Å². The van der Waals surface area contributed by atoms with Crippen molar-refractivity contribution in [2.45, 2.75) is 69.2 Å². The first-order chi connectivity index (χ1) is 25.4. The standard InChI is InChI=1S/C39H49ClN2O10/c1-3-17-51-39-35(42(38(46)48-18-14-40)23-25-10-12-33-34(19-25)50-24-49-33)22-31(41-47-2)29-20-26(8-4-6-15-43)28(9-5-7-16-44)36(37(29)39)30-21-27(45)11-13-32(30)52-39/h3,10-13,19-21,26,28,35-37,43-45H,1,4-9,14-18,22-24H2,2H3/t26-,28+,35-,36+,37+,39+/m0/s1. The van der Waals surface area contributed by atoms with Gasteiger partial charge in [-0.1, -0.05) is 36.2 Å². The van der Waals surface area contributed by atoms with E-state index in [9.17, 15) is 20.1 Å². The van der Waals surface area contributed by atoms with Gasteiger partial charge in [0.2, 0.25) is 12.6 Å². The molecule has 2 aromatic carbocycles. The summed E-state index contributed by atoms with van der Waals surface area (Å²) >= 11 is 6.01. The summed E-state index contributed by atoms with van der Waals surface area (Å²) in [5.74, 6) is -0.175. The second-order valence-corrected chi connectivity index (χ2v) is 14.0. The molecule has 6 rings (SSSR count). The maximum atomic E-state index is 14.3. The number of phenolic OH excluding ortho intramolecular Hbond substituents is 1. The van der Waals surface area contributed by atoms with Crippen LogP contribution in [0.5, 0.6) is 23.0 Å². The highest BCUT2D eigenvalue weighted by molar-refractivity contribution is 6.18. The van der Waals surface area contributed by atoms with Crippen LogP contribution in [0.1, 0.15) is 62.0 Å². The van der Waals surface area contributed by atoms with Gasteiger partial charge in [-0.25, -0.2) is 4.79 Å². The third-order valence-corrected chi connectivity index (χ3v) is 10.7. The van der Waals surface area contributed by atoms with Gasteiger partial charge in [-0.3, -0.25) is 4.90 Å². The fourth-order valence-corrected chi connectivity index (χ4v) is 8.59. The molecule has 52 heavy (non-hydrogen) atoms. The molecule has 3 N–H and O–H groups in total. The van der Waals surface area contributed by atoms with Crippen molar-refractivity contribution in [3.63, 3.8) is 0 Å². The number of unbranched alkanes of at least 4 members (excludes halogenated alkanes) is 2. The molecule has 0 aromatic heterocycles. The van der Waals surface area contributed by atoms with E-state index in [1.807, 2.05) is 18.2 Å². The molecule has 2 aromatic rings. The minimum absolute atomic E-state index is 0.00704. The van der Waals surface area contributed by atoms with E-state index in [0.717, 1.165) is 42.4 Å². The minimum atomic E-state index is -1.47. The number of nitrogens with zero attached hydrogens (tertiary/aromatic N) is 2. The number of phenols is 1. The number of halogens is 1. The second-order valence-electron chi connectivity index (χ2n) is 13.6. The maximum absolute atomic E-state index is 14.3. The van der Waals surface area contributed by atoms with Crippen molar-refractivity contribution in [2.24, 2.45) is 22.9 Å². The lowest BCUT2D eigenvalue weighted by atomic mass is 9.55. The Morgan fingerprint density at radius 3 is 2.60 bits per heavy atom. The molecule has 0 radical (unpaired) electrons. The molecule has 2 aliphatic heterocycles. The summed E-state index contributed by atoms with van der Waals surface area (Å²) < 4.78 is 31.0. The van der Waals surface area contributed by atoms with Crippen LogP contribution in [-0.4, -0.2) is 90.1 Å². The minimum Gasteiger partial charge on any atom is -0.508 e. The lowest BCUT2D eigenvalue weighted by Crippen LogP contribution is -2.70. The number of fused-ring (bicyclic) bond motifs is 3. The molecule has 1 saturated carbocycles. The Hall–Kier alpha value is -3.97. The number of benzene rings is 2. The van der Waals surface area contributed by atoms with E-state index in [4.69, 9.17) is 40.1 Å². The molecular formula is C39H49ClN2O10. The molecule has 0 bridgehead atoms. The SMILES string of the molecule is C=CCO[C@@]12Oc3ccc(O)cc3[C@H]3[C@H](CCCCO)[C@@H](CCCCO)C=C(C(=NOC)C[C@@H]1N(Cc1ccc4c(c1)OCO4)C(=O)OCCCl)[C@H]32. The summed E-state index contributed by atoms with van der Waals surface area (Å²) in [6.45, 7) is 4.46. The van der Waals surface area contributed by atoms with E-state index in [0.29, 0.717) is 35.8 Å². The first-order valence-corrected chi connectivity index (χ1v) is 18.6. The maximum Gasteiger partial charge on any atom is 0.410 e. The summed E-state index contributed by atoms with van der Waals surface area (Å²) in [5.41, 5.74) is 3.14. The van der Waals surface area contributed by atoms with Gasteiger partial charge in [0, 0.05) is 37.7 Å². The monoisotopic (exact) mass is 740 g/mol. The summed E-state index contributed by atoms with van der Waals surface area (Å²) in [7, 11) is 1.50. The predicted molar refractivity (Wildman–Crippen MR) is 194 cm³/mol. The molecule has 0 saturated heterocycles. The first kappa shape index (κ1) is 37.8. The van der Waals surface area contributed by atoms with Crippen molar-refractivity contribution in [1.82, 2.24) is 4.90 Å². The highest BCUT2D eigenvalue weighted by atomic mass is 35.5. The number of oxime groups is 1. The number of aliphatic hydroxyl groups excluding tert-OH is 2. The zero-order valence-corrected chi connectivity index (χ0v) is 30.3. The van der Waals surface area contributed by atoms with E-state index in [1.54, 1.807) is 29.2 Å². The number of amides is 1. The number of hydrogen-bond donors (Lipinski definition) is 3. The lowest BCUT2D eigenvalue weighted by Gasteiger charge is -2.59. The van der Waals surface area contributed by atoms with E-state index < -0.39 is 23.8 Å². The molecule has 4 aliphatic rings. The third kappa shape index (κ3) is 7.57. The summed E-state index contributed by atoms with van der Waals surface area (Å²) in [6, 6.07) is 9.85. The number of hydrogen-bond acceptors (Lipinski definition) is 11. The molecule has 282 valence electrons. The Labute approximate surface area is 309 Å². The van der Waals surface area contributed by atoms with Gasteiger partial charge in [-0.2, -0.15) is 0 Å². The van der Waals surface area contributed by atoms with Crippen molar-refractivity contribution >= 4 is 23.4 Å².